The van der Waals surface area contributed by atoms with Crippen LogP contribution >= 0.6 is 0 Å². The zero-order chi connectivity index (χ0) is 3.41. The van der Waals surface area contributed by atoms with Crippen LogP contribution in [0.3, 0.4) is 0 Å². The van der Waals surface area contributed by atoms with Gasteiger partial charge in [0.25, 0.3) is 0 Å². The molecule has 0 bridgehead atoms. The summed E-state index contributed by atoms with van der Waals surface area (Å²) in [5.41, 5.74) is 0. The summed E-state index contributed by atoms with van der Waals surface area (Å²) in [5, 5.41) is 0. The van der Waals surface area contributed by atoms with Crippen LogP contribution in [0.15, 0.2) is 12.6 Å². The van der Waals surface area contributed by atoms with Crippen molar-refractivity contribution in [1.82, 2.24) is 0 Å². The molecule has 0 fully saturated rings. The second-order valence-electron chi connectivity index (χ2n) is 0.569. The molecule has 0 amide bonds. The maximum atomic E-state index is 3.46. The van der Waals surface area contributed by atoms with Gasteiger partial charge < -0.3 is 0 Å². The monoisotopic (exact) mass is 191 g/mol. The summed E-state index contributed by atoms with van der Waals surface area (Å²) < 4.78 is 0. The molecule has 0 aliphatic heterocycles. The van der Waals surface area contributed by atoms with E-state index in [1.54, 1.807) is 0 Å². The number of rotatable bonds is 1. The van der Waals surface area contributed by atoms with E-state index in [0.29, 0.717) is 0 Å². The Labute approximate surface area is 53.6 Å². The van der Waals surface area contributed by atoms with Gasteiger partial charge in [-0.3, -0.25) is 0 Å². The molecule has 0 atom stereocenters. The summed E-state index contributed by atoms with van der Waals surface area (Å²) in [6.45, 7) is 5.49. The summed E-state index contributed by atoms with van der Waals surface area (Å²) in [6, 6.07) is 0. The first-order valence-corrected chi connectivity index (χ1v) is 2.47. The molecule has 5 heavy (non-hydrogen) atoms. The van der Waals surface area contributed by atoms with Crippen LogP contribution in [0, 0.1) is 0 Å². The van der Waals surface area contributed by atoms with Gasteiger partial charge in [-0.1, -0.05) is 0 Å². The Morgan fingerprint density at radius 2 is 2.00 bits per heavy atom. The number of hydrogen-bond donors (Lipinski definition) is 0. The molecule has 0 saturated heterocycles. The van der Waals surface area contributed by atoms with E-state index in [9.17, 15) is 0 Å². The van der Waals surface area contributed by atoms with Crippen molar-refractivity contribution in [2.75, 3.05) is 0 Å². The van der Waals surface area contributed by atoms with E-state index in [0.717, 1.165) is 10.1 Å². The van der Waals surface area contributed by atoms with Crippen molar-refractivity contribution in [1.29, 1.82) is 0 Å². The van der Waals surface area contributed by atoms with E-state index in [2.05, 4.69) is 6.58 Å². The fourth-order valence-electron chi connectivity index (χ4n) is 0. The molecular formula is C2H8BSiSn. The van der Waals surface area contributed by atoms with Crippen LogP contribution in [0.2, 0.25) is 0 Å². The third-order valence-electron chi connectivity index (χ3n) is 0.236. The van der Waals surface area contributed by atoms with Crippen LogP contribution in [0.4, 0.5) is 0 Å². The molecule has 0 aliphatic rings. The quantitative estimate of drug-likeness (QED) is 0.427. The average Bonchev–Trinajstić information content (AvgIpc) is 1.37. The van der Waals surface area contributed by atoms with E-state index >= 15 is 0 Å². The maximum absolute atomic E-state index is 3.46. The van der Waals surface area contributed by atoms with Crippen LogP contribution < -0.4 is 0 Å². The summed E-state index contributed by atoms with van der Waals surface area (Å²) in [5.74, 6) is 1.81. The van der Waals surface area contributed by atoms with Crippen LogP contribution in [-0.4, -0.2) is 40.9 Å². The van der Waals surface area contributed by atoms with Crippen LogP contribution in [0.1, 0.15) is 0 Å². The first-order chi connectivity index (χ1) is 1.91. The van der Waals surface area contributed by atoms with Crippen molar-refractivity contribution in [3.8, 4) is 0 Å². The van der Waals surface area contributed by atoms with Gasteiger partial charge in [0, 0.05) is 0 Å². The molecule has 0 spiro atoms. The molecule has 0 N–H and O–H groups in total. The van der Waals surface area contributed by atoms with Crippen LogP contribution in [0.5, 0.6) is 0 Å². The Balaban J connectivity index is 0. The van der Waals surface area contributed by atoms with Gasteiger partial charge in [-0.15, -0.1) is 12.6 Å². The van der Waals surface area contributed by atoms with Crippen molar-refractivity contribution in [3.63, 3.8) is 0 Å². The zero-order valence-electron chi connectivity index (χ0n) is 3.57. The molecule has 0 aliphatic carbocycles. The van der Waals surface area contributed by atoms with E-state index < -0.39 is 0 Å². The third kappa shape index (κ3) is 11.6. The first-order valence-electron chi connectivity index (χ1n) is 1.32. The topological polar surface area (TPSA) is 0 Å². The molecule has 3 radical (unpaired) electrons. The fraction of sp³-hybridized carbons (Fsp3) is 0. The molecule has 27 valence electrons. The van der Waals surface area contributed by atoms with E-state index in [-0.39, 0.29) is 23.9 Å². The summed E-state index contributed by atoms with van der Waals surface area (Å²) >= 11 is 0. The van der Waals surface area contributed by atoms with Crippen molar-refractivity contribution in [2.45, 2.75) is 0 Å². The van der Waals surface area contributed by atoms with E-state index in [4.69, 9.17) is 0 Å². The van der Waals surface area contributed by atoms with Crippen LogP contribution in [-0.2, 0) is 0 Å². The van der Waals surface area contributed by atoms with Gasteiger partial charge in [-0.2, -0.15) is 0 Å². The minimum atomic E-state index is 0. The van der Waals surface area contributed by atoms with Gasteiger partial charge >= 0.3 is 23.9 Å². The summed E-state index contributed by atoms with van der Waals surface area (Å²) in [6.07, 6.45) is 0. The molecule has 0 aromatic rings. The predicted molar refractivity (Wildman–Crippen MR) is 34.4 cm³/mol. The van der Waals surface area contributed by atoms with Gasteiger partial charge in [0.1, 0.15) is 6.87 Å². The van der Waals surface area contributed by atoms with Gasteiger partial charge in [-0.25, -0.2) is 0 Å². The summed E-state index contributed by atoms with van der Waals surface area (Å²) in [4.78, 5) is 0. The Kier molecular flexibility index (Phi) is 16.4. The van der Waals surface area contributed by atoms with Gasteiger partial charge in [0.15, 0.2) is 0 Å². The Hall–Kier alpha value is 0.821. The zero-order valence-corrected chi connectivity index (χ0v) is 9.61. The molecule has 0 unspecified atom stereocenters. The third-order valence-corrected chi connectivity index (χ3v) is 0.707. The van der Waals surface area contributed by atoms with Gasteiger partial charge in [0.2, 0.25) is 0 Å². The second-order valence-corrected chi connectivity index (χ2v) is 1.24. The summed E-state index contributed by atoms with van der Waals surface area (Å²) in [7, 11) is 1.15. The van der Waals surface area contributed by atoms with Crippen molar-refractivity contribution < 1.29 is 0 Å². The molecule has 0 nitrogen and oxygen atoms in total. The Morgan fingerprint density at radius 1 is 1.80 bits per heavy atom. The van der Waals surface area contributed by atoms with E-state index in [1.165, 1.54) is 0 Å². The predicted octanol–water partition coefficient (Wildman–Crippen LogP) is -1.80. The van der Waals surface area contributed by atoms with Crippen LogP contribution in [0.25, 0.3) is 0 Å². The molecule has 0 saturated carbocycles. The second kappa shape index (κ2) is 8.84. The molecule has 0 aromatic carbocycles. The number of hydrogen-bond acceptors (Lipinski definition) is 0. The SMILES string of the molecule is C=C[B][SiH3].[SnH2]. The van der Waals surface area contributed by atoms with E-state index in [1.807, 2.05) is 12.8 Å². The normalized spacial score (nSPS) is 4.80. The fourth-order valence-corrected chi connectivity index (χ4v) is 0. The van der Waals surface area contributed by atoms with Crippen molar-refractivity contribution in [3.05, 3.63) is 12.6 Å². The molecule has 0 aromatic heterocycles. The standard InChI is InChI=1S/C2H6BSi.Sn.2H/c1-2-3-4;;;/h2H,1H2,4H3;;;. The molecular weight excluding hydrogens is 182 g/mol. The van der Waals surface area contributed by atoms with Crippen molar-refractivity contribution in [2.24, 2.45) is 0 Å². The molecule has 0 rings (SSSR count). The van der Waals surface area contributed by atoms with Gasteiger partial charge in [-0.05, 0) is 10.1 Å². The Morgan fingerprint density at radius 3 is 2.00 bits per heavy atom. The van der Waals surface area contributed by atoms with Gasteiger partial charge in [0.05, 0.1) is 0 Å². The molecule has 0 heterocycles. The first kappa shape index (κ1) is 9.27. The molecule has 3 heteroatoms. The Bertz CT molecular complexity index is 23.6. The average molecular weight is 190 g/mol. The van der Waals surface area contributed by atoms with Crippen molar-refractivity contribution >= 4 is 40.9 Å². The minimum absolute atomic E-state index is 0.